The van der Waals surface area contributed by atoms with Gasteiger partial charge in [0.15, 0.2) is 0 Å². The van der Waals surface area contributed by atoms with E-state index in [4.69, 9.17) is 5.73 Å². The third-order valence-corrected chi connectivity index (χ3v) is 3.99. The van der Waals surface area contributed by atoms with Crippen LogP contribution in [0.25, 0.3) is 10.8 Å². The van der Waals surface area contributed by atoms with Gasteiger partial charge in [-0.15, -0.1) is 13.2 Å². The molecule has 0 radical (unpaired) electrons. The van der Waals surface area contributed by atoms with Crippen molar-refractivity contribution >= 4 is 28.3 Å². The fraction of sp³-hybridized carbons (Fsp3) is 0.111. The molecule has 1 heterocycles. The minimum Gasteiger partial charge on any atom is -0.398 e. The van der Waals surface area contributed by atoms with Crippen LogP contribution in [0.1, 0.15) is 31.8 Å². The van der Waals surface area contributed by atoms with Crippen molar-refractivity contribution in [2.45, 2.75) is 12.8 Å². The van der Waals surface area contributed by atoms with E-state index in [1.807, 2.05) is 6.07 Å². The fourth-order valence-corrected chi connectivity index (χ4v) is 3.09. The Kier molecular flexibility index (Phi) is 3.29. The monoisotopic (exact) mass is 292 g/mol. The third-order valence-electron chi connectivity index (χ3n) is 3.99. The quantitative estimate of drug-likeness (QED) is 0.517. The van der Waals surface area contributed by atoms with Gasteiger partial charge in [0.05, 0.1) is 5.56 Å². The highest BCUT2D eigenvalue weighted by Gasteiger charge is 2.29. The van der Waals surface area contributed by atoms with E-state index in [9.17, 15) is 9.59 Å². The number of hydrogen-bond donors (Lipinski definition) is 2. The molecule has 0 aromatic heterocycles. The van der Waals surface area contributed by atoms with Gasteiger partial charge >= 0.3 is 0 Å². The Bertz CT molecular complexity index is 850. The first-order valence-corrected chi connectivity index (χ1v) is 7.03. The lowest BCUT2D eigenvalue weighted by Gasteiger charge is -2.23. The van der Waals surface area contributed by atoms with Gasteiger partial charge in [-0.05, 0) is 30.0 Å². The summed E-state index contributed by atoms with van der Waals surface area (Å²) in [6, 6.07) is 5.32. The maximum absolute atomic E-state index is 12.4. The number of amides is 2. The summed E-state index contributed by atoms with van der Waals surface area (Å²) in [4.78, 5) is 24.5. The van der Waals surface area contributed by atoms with Crippen molar-refractivity contribution in [3.63, 3.8) is 0 Å². The third kappa shape index (κ3) is 1.84. The first-order chi connectivity index (χ1) is 10.6. The van der Waals surface area contributed by atoms with Gasteiger partial charge in [-0.25, -0.2) is 0 Å². The summed E-state index contributed by atoms with van der Waals surface area (Å²) < 4.78 is 0. The number of anilines is 1. The van der Waals surface area contributed by atoms with E-state index < -0.39 is 0 Å². The van der Waals surface area contributed by atoms with Crippen LogP contribution >= 0.6 is 0 Å². The zero-order valence-corrected chi connectivity index (χ0v) is 12.1. The molecule has 0 saturated carbocycles. The van der Waals surface area contributed by atoms with Gasteiger partial charge in [0.25, 0.3) is 11.8 Å². The fourth-order valence-electron chi connectivity index (χ4n) is 3.09. The predicted molar refractivity (Wildman–Crippen MR) is 88.0 cm³/mol. The molecular weight excluding hydrogens is 276 g/mol. The van der Waals surface area contributed by atoms with Gasteiger partial charge in [0.1, 0.15) is 0 Å². The molecule has 0 fully saturated rings. The van der Waals surface area contributed by atoms with Gasteiger partial charge in [-0.3, -0.25) is 14.9 Å². The summed E-state index contributed by atoms with van der Waals surface area (Å²) in [5.74, 6) is -0.764. The standard InChI is InChI=1S/C18H16N2O2/c1-3-6-10-11(7-4-2)16(19)12-8-5-9-13-14(12)15(10)18(22)20-17(13)21/h3-5,8-9H,1-2,6-7,19H2,(H,20,21,22). The Labute approximate surface area is 128 Å². The minimum absolute atomic E-state index is 0.379. The Morgan fingerprint density at radius 3 is 2.41 bits per heavy atom. The van der Waals surface area contributed by atoms with E-state index in [1.54, 1.807) is 24.3 Å². The van der Waals surface area contributed by atoms with Crippen LogP contribution < -0.4 is 11.1 Å². The first-order valence-electron chi connectivity index (χ1n) is 7.03. The highest BCUT2D eigenvalue weighted by atomic mass is 16.2. The Balaban J connectivity index is 2.54. The first kappa shape index (κ1) is 14.1. The predicted octanol–water partition coefficient (Wildman–Crippen LogP) is 2.76. The van der Waals surface area contributed by atoms with Gasteiger partial charge in [0, 0.05) is 22.0 Å². The van der Waals surface area contributed by atoms with E-state index in [-0.39, 0.29) is 11.8 Å². The molecule has 3 N–H and O–H groups in total. The van der Waals surface area contributed by atoms with Gasteiger partial charge in [0.2, 0.25) is 0 Å². The molecule has 0 atom stereocenters. The Morgan fingerprint density at radius 2 is 1.73 bits per heavy atom. The summed E-state index contributed by atoms with van der Waals surface area (Å²) in [5, 5.41) is 3.78. The number of nitrogen functional groups attached to an aromatic ring is 1. The van der Waals surface area contributed by atoms with Gasteiger partial charge < -0.3 is 5.73 Å². The number of benzene rings is 2. The summed E-state index contributed by atoms with van der Waals surface area (Å²) >= 11 is 0. The number of imide groups is 1. The van der Waals surface area contributed by atoms with Gasteiger partial charge in [-0.1, -0.05) is 24.3 Å². The topological polar surface area (TPSA) is 72.2 Å². The SMILES string of the molecule is C=CCc1c(CC=C)c2c3c(cccc3c1N)C(=O)NC2=O. The molecule has 0 saturated heterocycles. The maximum Gasteiger partial charge on any atom is 0.259 e. The van der Waals surface area contributed by atoms with Crippen LogP contribution in [-0.2, 0) is 12.8 Å². The largest absolute Gasteiger partial charge is 0.398 e. The Hall–Kier alpha value is -2.88. The van der Waals surface area contributed by atoms with E-state index in [0.717, 1.165) is 16.5 Å². The molecule has 22 heavy (non-hydrogen) atoms. The average molecular weight is 292 g/mol. The van der Waals surface area contributed by atoms with Crippen LogP contribution in [0.3, 0.4) is 0 Å². The zero-order valence-electron chi connectivity index (χ0n) is 12.1. The van der Waals surface area contributed by atoms with Gasteiger partial charge in [-0.2, -0.15) is 0 Å². The van der Waals surface area contributed by atoms with Crippen molar-refractivity contribution < 1.29 is 9.59 Å². The number of rotatable bonds is 4. The number of carbonyl (C=O) groups is 2. The molecule has 2 amide bonds. The smallest absolute Gasteiger partial charge is 0.259 e. The zero-order chi connectivity index (χ0) is 15.9. The lowest BCUT2D eigenvalue weighted by atomic mass is 9.85. The van der Waals surface area contributed by atoms with Crippen molar-refractivity contribution in [1.29, 1.82) is 0 Å². The number of nitrogens with two attached hydrogens (primary N) is 1. The van der Waals surface area contributed by atoms with Crippen LogP contribution in [0.2, 0.25) is 0 Å². The second-order valence-electron chi connectivity index (χ2n) is 5.24. The van der Waals surface area contributed by atoms with Crippen molar-refractivity contribution in [3.05, 3.63) is 65.8 Å². The van der Waals surface area contributed by atoms with Crippen LogP contribution in [0.5, 0.6) is 0 Å². The van der Waals surface area contributed by atoms with E-state index in [1.165, 1.54) is 0 Å². The number of hydrogen-bond acceptors (Lipinski definition) is 3. The molecule has 2 aromatic carbocycles. The van der Waals surface area contributed by atoms with Crippen LogP contribution in [-0.4, -0.2) is 11.8 Å². The molecule has 3 rings (SSSR count). The van der Waals surface area contributed by atoms with E-state index >= 15 is 0 Å². The molecule has 2 aromatic rings. The molecule has 0 aliphatic carbocycles. The number of allylic oxidation sites excluding steroid dienone is 2. The molecule has 0 bridgehead atoms. The summed E-state index contributed by atoms with van der Waals surface area (Å²) in [7, 11) is 0. The van der Waals surface area contributed by atoms with Crippen LogP contribution in [0.15, 0.2) is 43.5 Å². The molecular formula is C18H16N2O2. The lowest BCUT2D eigenvalue weighted by Crippen LogP contribution is -2.36. The number of nitrogens with one attached hydrogen (secondary N) is 1. The highest BCUT2D eigenvalue weighted by Crippen LogP contribution is 2.37. The van der Waals surface area contributed by atoms with Crippen molar-refractivity contribution in [1.82, 2.24) is 5.32 Å². The molecule has 1 aliphatic rings. The molecule has 0 unspecified atom stereocenters. The van der Waals surface area contributed by atoms with Crippen molar-refractivity contribution in [3.8, 4) is 0 Å². The van der Waals surface area contributed by atoms with E-state index in [2.05, 4.69) is 18.5 Å². The Morgan fingerprint density at radius 1 is 1.05 bits per heavy atom. The summed E-state index contributed by atoms with van der Waals surface area (Å²) in [6.07, 6.45) is 4.56. The molecule has 110 valence electrons. The lowest BCUT2D eigenvalue weighted by molar-refractivity contribution is 0.0844. The average Bonchev–Trinajstić information content (AvgIpc) is 2.50. The van der Waals surface area contributed by atoms with Crippen molar-refractivity contribution in [2.75, 3.05) is 5.73 Å². The molecule has 4 heteroatoms. The van der Waals surface area contributed by atoms with Crippen LogP contribution in [0, 0.1) is 0 Å². The number of carbonyl (C=O) groups excluding carboxylic acids is 2. The second-order valence-corrected chi connectivity index (χ2v) is 5.24. The maximum atomic E-state index is 12.4. The highest BCUT2D eigenvalue weighted by molar-refractivity contribution is 6.27. The summed E-state index contributed by atoms with van der Waals surface area (Å²) in [6.45, 7) is 7.52. The molecule has 0 spiro atoms. The van der Waals surface area contributed by atoms with E-state index in [0.29, 0.717) is 35.0 Å². The van der Waals surface area contributed by atoms with Crippen LogP contribution in [0.4, 0.5) is 5.69 Å². The molecule has 4 nitrogen and oxygen atoms in total. The normalized spacial score (nSPS) is 13.1. The molecule has 1 aliphatic heterocycles. The van der Waals surface area contributed by atoms with Crippen molar-refractivity contribution in [2.24, 2.45) is 0 Å². The second kappa shape index (κ2) is 5.15. The minimum atomic E-state index is -0.386. The summed E-state index contributed by atoms with van der Waals surface area (Å²) in [5.41, 5.74) is 9.61.